The molecule has 35 heavy (non-hydrogen) atoms. The monoisotopic (exact) mass is 518 g/mol. The number of rotatable bonds is 10. The van der Waals surface area contributed by atoms with Crippen molar-refractivity contribution < 1.29 is 45.4 Å². The molecule has 1 aliphatic carbocycles. The van der Waals surface area contributed by atoms with Gasteiger partial charge >= 0.3 is 24.3 Å². The van der Waals surface area contributed by atoms with Crippen LogP contribution in [0, 0.1) is 22.2 Å². The summed E-state index contributed by atoms with van der Waals surface area (Å²) in [4.78, 5) is 26.3. The minimum Gasteiger partial charge on any atom is -0.458 e. The molecule has 0 heterocycles. The van der Waals surface area contributed by atoms with E-state index in [2.05, 4.69) is 4.74 Å². The van der Waals surface area contributed by atoms with Gasteiger partial charge in [-0.3, -0.25) is 9.59 Å². The normalized spacial score (nSPS) is 19.9. The maximum atomic E-state index is 13.8. The van der Waals surface area contributed by atoms with Gasteiger partial charge in [-0.05, 0) is 63.2 Å². The highest BCUT2D eigenvalue weighted by Crippen LogP contribution is 2.52. The van der Waals surface area contributed by atoms with E-state index in [1.54, 1.807) is 6.92 Å². The van der Waals surface area contributed by atoms with Crippen LogP contribution in [0.15, 0.2) is 0 Å². The summed E-state index contributed by atoms with van der Waals surface area (Å²) < 4.78 is 87.7. The first kappa shape index (κ1) is 31.5. The average Bonchev–Trinajstić information content (AvgIpc) is 3.18. The maximum absolute atomic E-state index is 13.8. The molecule has 4 nitrogen and oxygen atoms in total. The molecule has 0 aliphatic heterocycles. The highest BCUT2D eigenvalue weighted by Gasteiger charge is 2.61. The predicted octanol–water partition coefficient (Wildman–Crippen LogP) is 7.78. The van der Waals surface area contributed by atoms with Crippen LogP contribution in [-0.2, 0) is 19.1 Å². The van der Waals surface area contributed by atoms with E-state index < -0.39 is 52.7 Å². The molecular formula is C25H40F6O4. The van der Waals surface area contributed by atoms with Crippen LogP contribution < -0.4 is 0 Å². The molecule has 0 aromatic carbocycles. The molecule has 0 N–H and O–H groups in total. The third-order valence-corrected chi connectivity index (χ3v) is 8.33. The van der Waals surface area contributed by atoms with Crippen molar-refractivity contribution in [2.24, 2.45) is 22.2 Å². The Morgan fingerprint density at radius 3 is 1.69 bits per heavy atom. The Labute approximate surface area is 204 Å². The van der Waals surface area contributed by atoms with Gasteiger partial charge in [-0.2, -0.15) is 26.3 Å². The number of hydrogen-bond donors (Lipinski definition) is 0. The van der Waals surface area contributed by atoms with E-state index in [-0.39, 0.29) is 18.3 Å². The lowest BCUT2D eigenvalue weighted by Gasteiger charge is -2.48. The van der Waals surface area contributed by atoms with Crippen molar-refractivity contribution in [2.75, 3.05) is 0 Å². The number of halogens is 6. The Kier molecular flexibility index (Phi) is 9.45. The summed E-state index contributed by atoms with van der Waals surface area (Å²) in [6.07, 6.45) is -12.7. The molecule has 10 heteroatoms. The van der Waals surface area contributed by atoms with Gasteiger partial charge in [-0.25, -0.2) is 0 Å². The van der Waals surface area contributed by atoms with Crippen LogP contribution in [0.1, 0.15) is 100 Å². The molecule has 0 aromatic rings. The SMILES string of the molecule is CCC(C)(C)CC(C)(C(=O)OC1(C(C)C(=O)OC(C(F)(F)F)C(F)(F)F)CCCC1)C(C)(C)CC. The zero-order valence-electron chi connectivity index (χ0n) is 22.0. The van der Waals surface area contributed by atoms with Crippen LogP contribution in [0.3, 0.4) is 0 Å². The Hall–Kier alpha value is -1.48. The molecule has 0 amide bonds. The fraction of sp³-hybridized carbons (Fsp3) is 0.920. The molecule has 2 unspecified atom stereocenters. The minimum atomic E-state index is -5.82. The first-order valence-corrected chi connectivity index (χ1v) is 12.2. The van der Waals surface area contributed by atoms with E-state index in [0.29, 0.717) is 25.7 Å². The second-order valence-corrected chi connectivity index (χ2v) is 11.5. The molecular weight excluding hydrogens is 478 g/mol. The Morgan fingerprint density at radius 2 is 1.31 bits per heavy atom. The smallest absolute Gasteiger partial charge is 0.434 e. The Morgan fingerprint density at radius 1 is 0.857 bits per heavy atom. The standard InChI is InChI=1S/C25H40F6O4/c1-9-20(4,5)15-22(8,21(6,7)10-2)19(33)35-23(13-11-12-14-23)16(3)17(32)34-18(24(26,27)28)25(29,30)31/h16,18H,9-15H2,1-8H3. The molecule has 0 saturated heterocycles. The lowest BCUT2D eigenvalue weighted by molar-refractivity contribution is -0.315. The van der Waals surface area contributed by atoms with Gasteiger partial charge in [0.25, 0.3) is 6.10 Å². The molecule has 1 fully saturated rings. The van der Waals surface area contributed by atoms with E-state index in [0.717, 1.165) is 6.42 Å². The van der Waals surface area contributed by atoms with Gasteiger partial charge in [-0.1, -0.05) is 48.0 Å². The average molecular weight is 519 g/mol. The summed E-state index contributed by atoms with van der Waals surface area (Å²) in [6.45, 7) is 14.8. The molecule has 0 radical (unpaired) electrons. The van der Waals surface area contributed by atoms with E-state index in [9.17, 15) is 35.9 Å². The molecule has 1 saturated carbocycles. The van der Waals surface area contributed by atoms with Crippen LogP contribution in [-0.4, -0.2) is 36.0 Å². The molecule has 0 bridgehead atoms. The quantitative estimate of drug-likeness (QED) is 0.219. The van der Waals surface area contributed by atoms with Crippen molar-refractivity contribution in [2.45, 2.75) is 124 Å². The summed E-state index contributed by atoms with van der Waals surface area (Å²) in [7, 11) is 0. The van der Waals surface area contributed by atoms with Gasteiger partial charge in [0, 0.05) is 0 Å². The van der Waals surface area contributed by atoms with Crippen LogP contribution in [0.2, 0.25) is 0 Å². The van der Waals surface area contributed by atoms with Crippen molar-refractivity contribution >= 4 is 11.9 Å². The second kappa shape index (κ2) is 10.5. The topological polar surface area (TPSA) is 52.6 Å². The van der Waals surface area contributed by atoms with Crippen molar-refractivity contribution in [3.05, 3.63) is 0 Å². The molecule has 2 atom stereocenters. The number of alkyl halides is 6. The molecule has 0 spiro atoms. The number of carbonyl (C=O) groups is 2. The van der Waals surface area contributed by atoms with Gasteiger partial charge in [-0.15, -0.1) is 0 Å². The lowest BCUT2D eigenvalue weighted by atomic mass is 9.58. The maximum Gasteiger partial charge on any atom is 0.434 e. The van der Waals surface area contributed by atoms with Gasteiger partial charge < -0.3 is 9.47 Å². The van der Waals surface area contributed by atoms with E-state index in [1.807, 2.05) is 41.5 Å². The van der Waals surface area contributed by atoms with Crippen LogP contribution in [0.5, 0.6) is 0 Å². The summed E-state index contributed by atoms with van der Waals surface area (Å²) >= 11 is 0. The van der Waals surface area contributed by atoms with Crippen molar-refractivity contribution in [1.29, 1.82) is 0 Å². The number of carbonyl (C=O) groups excluding carboxylic acids is 2. The van der Waals surface area contributed by atoms with Gasteiger partial charge in [0.15, 0.2) is 0 Å². The van der Waals surface area contributed by atoms with Crippen molar-refractivity contribution in [1.82, 2.24) is 0 Å². The van der Waals surface area contributed by atoms with Crippen molar-refractivity contribution in [3.63, 3.8) is 0 Å². The lowest BCUT2D eigenvalue weighted by Crippen LogP contribution is -2.53. The summed E-state index contributed by atoms with van der Waals surface area (Å²) in [5, 5.41) is 0. The predicted molar refractivity (Wildman–Crippen MR) is 119 cm³/mol. The third kappa shape index (κ3) is 7.06. The third-order valence-electron chi connectivity index (χ3n) is 8.33. The Balaban J connectivity index is 3.34. The number of hydrogen-bond acceptors (Lipinski definition) is 4. The first-order chi connectivity index (χ1) is 15.6. The second-order valence-electron chi connectivity index (χ2n) is 11.5. The van der Waals surface area contributed by atoms with E-state index in [1.165, 1.54) is 6.92 Å². The zero-order valence-corrected chi connectivity index (χ0v) is 22.0. The van der Waals surface area contributed by atoms with E-state index in [4.69, 9.17) is 4.74 Å². The molecule has 1 rings (SSSR count). The largest absolute Gasteiger partial charge is 0.458 e. The van der Waals surface area contributed by atoms with E-state index >= 15 is 0 Å². The zero-order chi connectivity index (χ0) is 27.7. The summed E-state index contributed by atoms with van der Waals surface area (Å²) in [6, 6.07) is 0. The van der Waals surface area contributed by atoms with Crippen molar-refractivity contribution in [3.8, 4) is 0 Å². The van der Waals surface area contributed by atoms with Crippen LogP contribution in [0.25, 0.3) is 0 Å². The molecule has 206 valence electrons. The fourth-order valence-electron chi connectivity index (χ4n) is 4.71. The summed E-state index contributed by atoms with van der Waals surface area (Å²) in [5.74, 6) is -3.80. The van der Waals surface area contributed by atoms with Crippen LogP contribution in [0.4, 0.5) is 26.3 Å². The van der Waals surface area contributed by atoms with Gasteiger partial charge in [0.1, 0.15) is 5.60 Å². The highest BCUT2D eigenvalue weighted by molar-refractivity contribution is 5.80. The van der Waals surface area contributed by atoms with Crippen LogP contribution >= 0.6 is 0 Å². The summed E-state index contributed by atoms with van der Waals surface area (Å²) in [5.41, 5.74) is -3.31. The first-order valence-electron chi connectivity index (χ1n) is 12.2. The van der Waals surface area contributed by atoms with Gasteiger partial charge in [0.05, 0.1) is 11.3 Å². The minimum absolute atomic E-state index is 0.150. The molecule has 1 aliphatic rings. The Bertz CT molecular complexity index is 736. The van der Waals surface area contributed by atoms with Gasteiger partial charge in [0.2, 0.25) is 0 Å². The number of ether oxygens (including phenoxy) is 2. The molecule has 0 aromatic heterocycles. The number of esters is 2. The fourth-order valence-corrected chi connectivity index (χ4v) is 4.71. The highest BCUT2D eigenvalue weighted by atomic mass is 19.4.